The summed E-state index contributed by atoms with van der Waals surface area (Å²) in [6.45, 7) is 4.31. The van der Waals surface area contributed by atoms with E-state index in [9.17, 15) is 14.4 Å². The van der Waals surface area contributed by atoms with E-state index < -0.39 is 16.9 Å². The summed E-state index contributed by atoms with van der Waals surface area (Å²) in [6.07, 6.45) is 4.68. The standard InChI is InChI=1S/C19H26FN3O2S2/c1-19(2)16(23(25)17(24)21-15-6-4-3-5-7-15)22(18(26)27-19)12-13-8-10-14(20)11-9-13/h8-11,15-16,25H,3-7,12H2,1-2H3,(H,21,24)/t16-/m1/s1. The van der Waals surface area contributed by atoms with Crippen molar-refractivity contribution in [3.05, 3.63) is 35.6 Å². The SMILES string of the molecule is CC1(C)SC(=S)N(Cc2ccc(F)cc2)[C@@H]1N(O)C(=O)NC1CCCCC1. The lowest BCUT2D eigenvalue weighted by molar-refractivity contribution is -0.120. The molecule has 2 aliphatic rings. The van der Waals surface area contributed by atoms with E-state index in [1.54, 1.807) is 12.1 Å². The lowest BCUT2D eigenvalue weighted by atomic mass is 9.96. The van der Waals surface area contributed by atoms with Gasteiger partial charge in [-0.25, -0.2) is 9.18 Å². The van der Waals surface area contributed by atoms with Crippen molar-refractivity contribution in [1.29, 1.82) is 0 Å². The van der Waals surface area contributed by atoms with Crippen LogP contribution in [0, 0.1) is 5.82 Å². The van der Waals surface area contributed by atoms with Crippen LogP contribution in [0.3, 0.4) is 0 Å². The van der Waals surface area contributed by atoms with Crippen LogP contribution in [0.5, 0.6) is 0 Å². The zero-order valence-electron chi connectivity index (χ0n) is 15.7. The van der Waals surface area contributed by atoms with Crippen molar-refractivity contribution in [2.24, 2.45) is 0 Å². The summed E-state index contributed by atoms with van der Waals surface area (Å²) in [6, 6.07) is 5.79. The number of thiocarbonyl (C=S) groups is 1. The molecule has 0 unspecified atom stereocenters. The first-order valence-electron chi connectivity index (χ1n) is 9.30. The molecule has 1 heterocycles. The molecule has 0 spiro atoms. The average Bonchev–Trinajstić information content (AvgIpc) is 2.85. The van der Waals surface area contributed by atoms with Gasteiger partial charge >= 0.3 is 6.03 Å². The highest BCUT2D eigenvalue weighted by Crippen LogP contribution is 2.43. The van der Waals surface area contributed by atoms with E-state index in [2.05, 4.69) is 5.32 Å². The summed E-state index contributed by atoms with van der Waals surface area (Å²) in [5, 5.41) is 14.5. The number of nitrogens with one attached hydrogen (secondary N) is 1. The number of hydrogen-bond acceptors (Lipinski definition) is 4. The van der Waals surface area contributed by atoms with Crippen LogP contribution in [0.25, 0.3) is 0 Å². The number of hydroxylamine groups is 2. The third-order valence-electron chi connectivity index (χ3n) is 5.14. The van der Waals surface area contributed by atoms with Gasteiger partial charge in [0.15, 0.2) is 0 Å². The summed E-state index contributed by atoms with van der Waals surface area (Å²) >= 11 is 6.96. The van der Waals surface area contributed by atoms with Crippen LogP contribution >= 0.6 is 24.0 Å². The first kappa shape index (κ1) is 20.4. The second kappa shape index (κ2) is 8.32. The summed E-state index contributed by atoms with van der Waals surface area (Å²) in [5.74, 6) is -0.301. The molecule has 1 aromatic rings. The molecule has 2 fully saturated rings. The molecule has 1 saturated carbocycles. The molecule has 27 heavy (non-hydrogen) atoms. The fourth-order valence-corrected chi connectivity index (χ4v) is 5.65. The Bertz CT molecular complexity index is 693. The summed E-state index contributed by atoms with van der Waals surface area (Å²) in [7, 11) is 0. The molecular weight excluding hydrogens is 385 g/mol. The van der Waals surface area contributed by atoms with Crippen LogP contribution in [-0.2, 0) is 6.54 Å². The molecule has 2 N–H and O–H groups in total. The van der Waals surface area contributed by atoms with Gasteiger partial charge in [0.05, 0.1) is 4.75 Å². The fourth-order valence-electron chi connectivity index (χ4n) is 3.77. The second-order valence-corrected chi connectivity index (χ2v) is 10.0. The molecule has 1 aliphatic carbocycles. The Labute approximate surface area is 169 Å². The highest BCUT2D eigenvalue weighted by Gasteiger charge is 2.49. The minimum Gasteiger partial charge on any atom is -0.333 e. The second-order valence-electron chi connectivity index (χ2n) is 7.73. The lowest BCUT2D eigenvalue weighted by Crippen LogP contribution is -2.57. The van der Waals surface area contributed by atoms with Crippen LogP contribution in [-0.4, -0.2) is 42.5 Å². The maximum Gasteiger partial charge on any atom is 0.343 e. The van der Waals surface area contributed by atoms with Crippen molar-refractivity contribution in [2.45, 2.75) is 69.5 Å². The molecule has 1 aromatic carbocycles. The molecule has 0 bridgehead atoms. The Morgan fingerprint density at radius 1 is 1.33 bits per heavy atom. The van der Waals surface area contributed by atoms with Gasteiger partial charge in [-0.05, 0) is 44.4 Å². The average molecular weight is 412 g/mol. The Kier molecular flexibility index (Phi) is 6.28. The van der Waals surface area contributed by atoms with Gasteiger partial charge in [0.25, 0.3) is 0 Å². The molecule has 3 rings (SSSR count). The maximum atomic E-state index is 13.2. The Morgan fingerprint density at radius 3 is 2.59 bits per heavy atom. The van der Waals surface area contributed by atoms with Gasteiger partial charge in [-0.1, -0.05) is 55.4 Å². The molecule has 1 saturated heterocycles. The molecule has 0 radical (unpaired) electrons. The fraction of sp³-hybridized carbons (Fsp3) is 0.579. The Morgan fingerprint density at radius 2 is 1.96 bits per heavy atom. The van der Waals surface area contributed by atoms with Crippen molar-refractivity contribution in [2.75, 3.05) is 0 Å². The van der Waals surface area contributed by atoms with E-state index in [1.807, 2.05) is 18.7 Å². The number of rotatable bonds is 4. The van der Waals surface area contributed by atoms with Crippen LogP contribution in [0.15, 0.2) is 24.3 Å². The zero-order valence-corrected chi connectivity index (χ0v) is 17.3. The predicted octanol–water partition coefficient (Wildman–Crippen LogP) is 4.50. The molecule has 8 heteroatoms. The van der Waals surface area contributed by atoms with E-state index in [0.717, 1.165) is 36.3 Å². The van der Waals surface area contributed by atoms with E-state index in [1.165, 1.54) is 30.3 Å². The zero-order chi connectivity index (χ0) is 19.6. The molecule has 2 amide bonds. The smallest absolute Gasteiger partial charge is 0.333 e. The monoisotopic (exact) mass is 411 g/mol. The first-order chi connectivity index (χ1) is 12.8. The first-order valence-corrected chi connectivity index (χ1v) is 10.5. The molecule has 5 nitrogen and oxygen atoms in total. The van der Waals surface area contributed by atoms with Crippen molar-refractivity contribution >= 4 is 34.3 Å². The number of benzene rings is 1. The van der Waals surface area contributed by atoms with Crippen molar-refractivity contribution in [3.63, 3.8) is 0 Å². The number of halogens is 1. The van der Waals surface area contributed by atoms with E-state index in [4.69, 9.17) is 12.2 Å². The molecule has 1 aliphatic heterocycles. The summed E-state index contributed by atoms with van der Waals surface area (Å²) < 4.78 is 13.3. The van der Waals surface area contributed by atoms with Crippen LogP contribution < -0.4 is 5.32 Å². The van der Waals surface area contributed by atoms with Crippen molar-refractivity contribution in [3.8, 4) is 0 Å². The summed E-state index contributed by atoms with van der Waals surface area (Å²) in [5.41, 5.74) is 0.864. The topological polar surface area (TPSA) is 55.8 Å². The van der Waals surface area contributed by atoms with Gasteiger partial charge in [-0.15, -0.1) is 0 Å². The Hall–Kier alpha value is -1.38. The van der Waals surface area contributed by atoms with Gasteiger partial charge in [-0.2, -0.15) is 5.06 Å². The molecule has 148 valence electrons. The number of carbonyl (C=O) groups is 1. The van der Waals surface area contributed by atoms with Crippen LogP contribution in [0.1, 0.15) is 51.5 Å². The minimum atomic E-state index is -0.608. The Balaban J connectivity index is 1.74. The molecule has 1 atom stereocenters. The number of amides is 2. The maximum absolute atomic E-state index is 13.2. The van der Waals surface area contributed by atoms with Crippen molar-refractivity contribution in [1.82, 2.24) is 15.3 Å². The number of nitrogens with zero attached hydrogens (tertiary/aromatic N) is 2. The van der Waals surface area contributed by atoms with Gasteiger partial charge in [-0.3, -0.25) is 5.21 Å². The molecular formula is C19H26FN3O2S2. The van der Waals surface area contributed by atoms with Gasteiger partial charge < -0.3 is 10.2 Å². The largest absolute Gasteiger partial charge is 0.343 e. The highest BCUT2D eigenvalue weighted by atomic mass is 32.2. The highest BCUT2D eigenvalue weighted by molar-refractivity contribution is 8.24. The number of urea groups is 1. The number of thioether (sulfide) groups is 1. The lowest BCUT2D eigenvalue weighted by Gasteiger charge is -2.37. The van der Waals surface area contributed by atoms with Crippen molar-refractivity contribution < 1.29 is 14.4 Å². The quantitative estimate of drug-likeness (QED) is 0.434. The van der Waals surface area contributed by atoms with Crippen LogP contribution in [0.2, 0.25) is 0 Å². The minimum absolute atomic E-state index is 0.107. The van der Waals surface area contributed by atoms with Crippen LogP contribution in [0.4, 0.5) is 9.18 Å². The number of hydrogen-bond donors (Lipinski definition) is 2. The normalized spacial score (nSPS) is 22.7. The van der Waals surface area contributed by atoms with Gasteiger partial charge in [0, 0.05) is 12.6 Å². The third kappa shape index (κ3) is 4.73. The van der Waals surface area contributed by atoms with Gasteiger partial charge in [0.2, 0.25) is 0 Å². The summed E-state index contributed by atoms with van der Waals surface area (Å²) in [4.78, 5) is 14.5. The third-order valence-corrected chi connectivity index (χ3v) is 6.77. The van der Waals surface area contributed by atoms with E-state index >= 15 is 0 Å². The van der Waals surface area contributed by atoms with Gasteiger partial charge in [0.1, 0.15) is 16.3 Å². The predicted molar refractivity (Wildman–Crippen MR) is 109 cm³/mol. The molecule has 0 aromatic heterocycles. The van der Waals surface area contributed by atoms with E-state index in [0.29, 0.717) is 10.9 Å². The number of carbonyl (C=O) groups excluding carboxylic acids is 1. The van der Waals surface area contributed by atoms with E-state index in [-0.39, 0.29) is 11.9 Å².